The number of rotatable bonds is 2. The zero-order valence-corrected chi connectivity index (χ0v) is 11.6. The number of carbonyl (C=O) groups excluding carboxylic acids is 1. The number of ketones is 1. The Morgan fingerprint density at radius 1 is 1.14 bits per heavy atom. The number of carbonyl (C=O) groups is 2. The lowest BCUT2D eigenvalue weighted by Gasteiger charge is -2.16. The topological polar surface area (TPSA) is 87.2 Å². The maximum Gasteiger partial charge on any atom is 0.335 e. The number of aromatic nitrogens is 1. The predicted molar refractivity (Wildman–Crippen MR) is 81.1 cm³/mol. The van der Waals surface area contributed by atoms with Crippen LogP contribution < -0.4 is 5.56 Å². The van der Waals surface area contributed by atoms with Gasteiger partial charge >= 0.3 is 5.97 Å². The Hall–Kier alpha value is -2.95. The lowest BCUT2D eigenvalue weighted by Crippen LogP contribution is -2.19. The van der Waals surface area contributed by atoms with E-state index in [4.69, 9.17) is 5.11 Å². The van der Waals surface area contributed by atoms with Crippen molar-refractivity contribution < 1.29 is 14.7 Å². The molecule has 1 aromatic heterocycles. The van der Waals surface area contributed by atoms with Crippen LogP contribution in [0.1, 0.15) is 38.4 Å². The molecular formula is C17H13NO4. The molecule has 2 aromatic rings. The van der Waals surface area contributed by atoms with E-state index < -0.39 is 5.97 Å². The summed E-state index contributed by atoms with van der Waals surface area (Å²) in [5.74, 6) is -1.13. The van der Waals surface area contributed by atoms with Crippen LogP contribution >= 0.6 is 0 Å². The van der Waals surface area contributed by atoms with E-state index in [0.717, 1.165) is 0 Å². The number of aryl methyl sites for hydroxylation is 1. The average Bonchev–Trinajstić information content (AvgIpc) is 2.50. The van der Waals surface area contributed by atoms with Crippen molar-refractivity contribution in [2.75, 3.05) is 0 Å². The first-order chi connectivity index (χ1) is 10.5. The van der Waals surface area contributed by atoms with E-state index in [0.29, 0.717) is 35.2 Å². The number of aromatic carboxylic acids is 1. The van der Waals surface area contributed by atoms with Crippen molar-refractivity contribution in [3.8, 4) is 0 Å². The number of carboxylic acids is 1. The van der Waals surface area contributed by atoms with Crippen LogP contribution in [0.4, 0.5) is 0 Å². The Morgan fingerprint density at radius 3 is 2.73 bits per heavy atom. The molecule has 2 N–H and O–H groups in total. The predicted octanol–water partition coefficient (Wildman–Crippen LogP) is 2.29. The molecule has 0 atom stereocenters. The highest BCUT2D eigenvalue weighted by atomic mass is 16.4. The van der Waals surface area contributed by atoms with Gasteiger partial charge < -0.3 is 10.1 Å². The fraction of sp³-hybridized carbons (Fsp3) is 0.118. The number of Topliss-reactive ketones (excluding diaryl/α,β-unsaturated/α-hetero) is 1. The monoisotopic (exact) mass is 295 g/mol. The SMILES string of the molecule is O=C(O)c1cccc(C=C2CCc3[nH]c(=O)ccc3C2=O)c1. The number of hydrogen-bond acceptors (Lipinski definition) is 3. The van der Waals surface area contributed by atoms with Crippen LogP contribution in [0.15, 0.2) is 46.8 Å². The number of carboxylic acid groups (broad SMARTS) is 1. The third-order valence-corrected chi connectivity index (χ3v) is 3.66. The van der Waals surface area contributed by atoms with E-state index in [1.54, 1.807) is 18.2 Å². The molecule has 5 nitrogen and oxygen atoms in total. The number of aromatic amines is 1. The number of nitrogens with one attached hydrogen (secondary N) is 1. The van der Waals surface area contributed by atoms with Crippen LogP contribution in [0.3, 0.4) is 0 Å². The molecule has 1 aliphatic rings. The van der Waals surface area contributed by atoms with Gasteiger partial charge in [0.15, 0.2) is 5.78 Å². The highest BCUT2D eigenvalue weighted by molar-refractivity contribution is 6.12. The lowest BCUT2D eigenvalue weighted by molar-refractivity contribution is 0.0696. The Kier molecular flexibility index (Phi) is 3.47. The van der Waals surface area contributed by atoms with Crippen molar-refractivity contribution in [2.45, 2.75) is 12.8 Å². The van der Waals surface area contributed by atoms with E-state index >= 15 is 0 Å². The minimum Gasteiger partial charge on any atom is -0.478 e. The van der Waals surface area contributed by atoms with E-state index in [1.807, 2.05) is 0 Å². The molecular weight excluding hydrogens is 282 g/mol. The molecule has 110 valence electrons. The Balaban J connectivity index is 1.98. The van der Waals surface area contributed by atoms with Gasteiger partial charge in [-0.2, -0.15) is 0 Å². The van der Waals surface area contributed by atoms with Crippen molar-refractivity contribution >= 4 is 17.8 Å². The second-order valence-electron chi connectivity index (χ2n) is 5.14. The van der Waals surface area contributed by atoms with Gasteiger partial charge in [0.25, 0.3) is 0 Å². The van der Waals surface area contributed by atoms with Crippen molar-refractivity contribution in [3.05, 3.63) is 74.7 Å². The van der Waals surface area contributed by atoms with Gasteiger partial charge in [-0.1, -0.05) is 12.1 Å². The number of fused-ring (bicyclic) bond motifs is 1. The largest absolute Gasteiger partial charge is 0.478 e. The molecule has 0 amide bonds. The standard InChI is InChI=1S/C17H13NO4/c19-15-7-5-13-14(18-15)6-4-11(16(13)20)8-10-2-1-3-12(9-10)17(21)22/h1-3,5,7-9H,4,6H2,(H,18,19)(H,21,22). The van der Waals surface area contributed by atoms with Gasteiger partial charge in [0, 0.05) is 22.9 Å². The summed E-state index contributed by atoms with van der Waals surface area (Å²) in [6.45, 7) is 0. The van der Waals surface area contributed by atoms with E-state index in [2.05, 4.69) is 4.98 Å². The summed E-state index contributed by atoms with van der Waals surface area (Å²) in [5, 5.41) is 9.00. The molecule has 0 fully saturated rings. The lowest BCUT2D eigenvalue weighted by atomic mass is 9.89. The van der Waals surface area contributed by atoms with Crippen molar-refractivity contribution in [3.63, 3.8) is 0 Å². The number of benzene rings is 1. The van der Waals surface area contributed by atoms with Gasteiger partial charge in [-0.15, -0.1) is 0 Å². The summed E-state index contributed by atoms with van der Waals surface area (Å²) < 4.78 is 0. The second kappa shape index (κ2) is 5.44. The van der Waals surface area contributed by atoms with Gasteiger partial charge in [0.1, 0.15) is 0 Å². The van der Waals surface area contributed by atoms with Crippen LogP contribution in [0.5, 0.6) is 0 Å². The number of pyridine rings is 1. The summed E-state index contributed by atoms with van der Waals surface area (Å²) in [6.07, 6.45) is 2.81. The zero-order valence-electron chi connectivity index (χ0n) is 11.6. The van der Waals surface area contributed by atoms with Crippen molar-refractivity contribution in [1.82, 2.24) is 4.98 Å². The quantitative estimate of drug-likeness (QED) is 0.832. The van der Waals surface area contributed by atoms with Gasteiger partial charge in [0.05, 0.1) is 5.56 Å². The van der Waals surface area contributed by atoms with Gasteiger partial charge in [-0.05, 0) is 42.7 Å². The number of H-pyrrole nitrogens is 1. The third kappa shape index (κ3) is 2.61. The molecule has 0 spiro atoms. The normalized spacial score (nSPS) is 15.6. The third-order valence-electron chi connectivity index (χ3n) is 3.66. The highest BCUT2D eigenvalue weighted by Crippen LogP contribution is 2.24. The fourth-order valence-electron chi connectivity index (χ4n) is 2.57. The summed E-state index contributed by atoms with van der Waals surface area (Å²) in [6, 6.07) is 9.32. The van der Waals surface area contributed by atoms with Crippen LogP contribution in [-0.2, 0) is 6.42 Å². The van der Waals surface area contributed by atoms with E-state index in [-0.39, 0.29) is 16.9 Å². The summed E-state index contributed by atoms with van der Waals surface area (Å²) in [4.78, 5) is 37.4. The first kappa shape index (κ1) is 14.0. The Bertz CT molecular complexity index is 861. The van der Waals surface area contributed by atoms with Gasteiger partial charge in [-0.3, -0.25) is 9.59 Å². The minimum atomic E-state index is -1.00. The molecule has 3 rings (SSSR count). The van der Waals surface area contributed by atoms with Crippen LogP contribution in [0.2, 0.25) is 0 Å². The molecule has 0 aliphatic heterocycles. The average molecular weight is 295 g/mol. The smallest absolute Gasteiger partial charge is 0.335 e. The number of allylic oxidation sites excluding steroid dienone is 1. The Labute approximate surface area is 125 Å². The number of hydrogen-bond donors (Lipinski definition) is 2. The first-order valence-electron chi connectivity index (χ1n) is 6.85. The summed E-state index contributed by atoms with van der Waals surface area (Å²) in [5.41, 5.74) is 2.43. The summed E-state index contributed by atoms with van der Waals surface area (Å²) in [7, 11) is 0. The maximum absolute atomic E-state index is 12.4. The molecule has 0 unspecified atom stereocenters. The molecule has 5 heteroatoms. The molecule has 1 aliphatic carbocycles. The van der Waals surface area contributed by atoms with Gasteiger partial charge in [0.2, 0.25) is 5.56 Å². The van der Waals surface area contributed by atoms with Gasteiger partial charge in [-0.25, -0.2) is 4.79 Å². The molecule has 1 aromatic carbocycles. The van der Waals surface area contributed by atoms with E-state index in [9.17, 15) is 14.4 Å². The first-order valence-corrected chi connectivity index (χ1v) is 6.85. The zero-order chi connectivity index (χ0) is 15.7. The van der Waals surface area contributed by atoms with Crippen molar-refractivity contribution in [1.29, 1.82) is 0 Å². The van der Waals surface area contributed by atoms with Crippen molar-refractivity contribution in [2.24, 2.45) is 0 Å². The fourth-order valence-corrected chi connectivity index (χ4v) is 2.57. The summed E-state index contributed by atoms with van der Waals surface area (Å²) >= 11 is 0. The van der Waals surface area contributed by atoms with Crippen LogP contribution in [0.25, 0.3) is 6.08 Å². The highest BCUT2D eigenvalue weighted by Gasteiger charge is 2.22. The molecule has 0 bridgehead atoms. The van der Waals surface area contributed by atoms with Crippen LogP contribution in [0, 0.1) is 0 Å². The second-order valence-corrected chi connectivity index (χ2v) is 5.14. The molecule has 0 saturated carbocycles. The minimum absolute atomic E-state index is 0.127. The maximum atomic E-state index is 12.4. The van der Waals surface area contributed by atoms with Crippen LogP contribution in [-0.4, -0.2) is 21.8 Å². The molecule has 0 radical (unpaired) electrons. The van der Waals surface area contributed by atoms with E-state index in [1.165, 1.54) is 24.3 Å². The molecule has 1 heterocycles. The molecule has 0 saturated heterocycles. The Morgan fingerprint density at radius 2 is 1.95 bits per heavy atom. The molecule has 22 heavy (non-hydrogen) atoms.